The van der Waals surface area contributed by atoms with Gasteiger partial charge in [0, 0.05) is 5.69 Å². The fraction of sp³-hybridized carbons (Fsp3) is 0.267. The third kappa shape index (κ3) is 3.57. The molecule has 2 aromatic rings. The molecule has 2 N–H and O–H groups in total. The third-order valence-corrected chi connectivity index (χ3v) is 2.69. The van der Waals surface area contributed by atoms with Crippen LogP contribution in [0.3, 0.4) is 0 Å². The molecule has 0 spiro atoms. The molecule has 1 aromatic carbocycles. The maximum absolute atomic E-state index is 5.69. The second-order valence-electron chi connectivity index (χ2n) is 4.24. The van der Waals surface area contributed by atoms with E-state index in [9.17, 15) is 0 Å². The molecule has 18 heavy (non-hydrogen) atoms. The highest BCUT2D eigenvalue weighted by Gasteiger charge is 1.98. The number of hydrogen-bond acceptors (Lipinski definition) is 3. The second-order valence-corrected chi connectivity index (χ2v) is 4.24. The highest BCUT2D eigenvalue weighted by atomic mass is 16.5. The zero-order valence-electron chi connectivity index (χ0n) is 10.6. The lowest BCUT2D eigenvalue weighted by Gasteiger charge is -2.07. The summed E-state index contributed by atoms with van der Waals surface area (Å²) in [6.45, 7) is 3.15. The van der Waals surface area contributed by atoms with E-state index in [4.69, 9.17) is 10.5 Å². The molecule has 94 valence electrons. The lowest BCUT2D eigenvalue weighted by atomic mass is 10.1. The van der Waals surface area contributed by atoms with E-state index in [0.717, 1.165) is 23.6 Å². The summed E-state index contributed by atoms with van der Waals surface area (Å²) in [6.07, 6.45) is 0.902. The van der Waals surface area contributed by atoms with Crippen molar-refractivity contribution < 1.29 is 4.74 Å². The van der Waals surface area contributed by atoms with Crippen molar-refractivity contribution in [3.8, 4) is 5.75 Å². The molecule has 0 amide bonds. The topological polar surface area (TPSA) is 48.1 Å². The van der Waals surface area contributed by atoms with Gasteiger partial charge in [0.2, 0.25) is 0 Å². The minimum absolute atomic E-state index is 0.498. The average Bonchev–Trinajstić information content (AvgIpc) is 2.38. The Hall–Kier alpha value is -1.87. The number of nitrogens with zero attached hydrogens (tertiary/aromatic N) is 1. The molecule has 0 aliphatic rings. The molecular weight excluding hydrogens is 224 g/mol. The summed E-state index contributed by atoms with van der Waals surface area (Å²) in [5, 5.41) is 0. The van der Waals surface area contributed by atoms with Crippen molar-refractivity contribution >= 4 is 0 Å². The van der Waals surface area contributed by atoms with E-state index in [0.29, 0.717) is 13.2 Å². The lowest BCUT2D eigenvalue weighted by Crippen LogP contribution is -2.02. The van der Waals surface area contributed by atoms with Crippen LogP contribution in [-0.4, -0.2) is 11.5 Å². The van der Waals surface area contributed by atoms with Gasteiger partial charge in [0.25, 0.3) is 0 Å². The molecule has 0 saturated heterocycles. The largest absolute Gasteiger partial charge is 0.487 e. The van der Waals surface area contributed by atoms with E-state index < -0.39 is 0 Å². The molecule has 0 aliphatic heterocycles. The minimum atomic E-state index is 0.498. The molecule has 0 radical (unpaired) electrons. The van der Waals surface area contributed by atoms with Gasteiger partial charge in [-0.25, -0.2) is 0 Å². The van der Waals surface area contributed by atoms with Crippen LogP contribution in [0.25, 0.3) is 0 Å². The monoisotopic (exact) mass is 242 g/mol. The first-order valence-corrected chi connectivity index (χ1v) is 6.12. The minimum Gasteiger partial charge on any atom is -0.487 e. The number of benzene rings is 1. The van der Waals surface area contributed by atoms with Gasteiger partial charge in [0.1, 0.15) is 12.4 Å². The number of aromatic nitrogens is 1. The van der Waals surface area contributed by atoms with Gasteiger partial charge >= 0.3 is 0 Å². The van der Waals surface area contributed by atoms with Gasteiger partial charge in [-0.1, -0.05) is 18.2 Å². The van der Waals surface area contributed by atoms with E-state index in [1.807, 2.05) is 49.4 Å². The standard InChI is InChI=1S/C15H18N2O/c1-12-3-2-4-14(17-12)11-18-15-7-5-13(6-8-15)9-10-16/h2-8H,9-11,16H2,1H3. The van der Waals surface area contributed by atoms with Crippen molar-refractivity contribution in [1.29, 1.82) is 0 Å². The molecule has 0 unspecified atom stereocenters. The molecular formula is C15H18N2O. The van der Waals surface area contributed by atoms with Crippen LogP contribution in [0.1, 0.15) is 17.0 Å². The number of hydrogen-bond donors (Lipinski definition) is 1. The van der Waals surface area contributed by atoms with Crippen LogP contribution < -0.4 is 10.5 Å². The van der Waals surface area contributed by atoms with Crippen LogP contribution in [-0.2, 0) is 13.0 Å². The number of aryl methyl sites for hydroxylation is 1. The SMILES string of the molecule is Cc1cccc(COc2ccc(CCN)cc2)n1. The summed E-state index contributed by atoms with van der Waals surface area (Å²) in [6, 6.07) is 14.0. The number of rotatable bonds is 5. The second kappa shape index (κ2) is 6.17. The lowest BCUT2D eigenvalue weighted by molar-refractivity contribution is 0.301. The fourth-order valence-corrected chi connectivity index (χ4v) is 1.76. The van der Waals surface area contributed by atoms with Gasteiger partial charge in [-0.3, -0.25) is 4.98 Å². The normalized spacial score (nSPS) is 10.3. The molecule has 3 nitrogen and oxygen atoms in total. The fourth-order valence-electron chi connectivity index (χ4n) is 1.76. The molecule has 1 aromatic heterocycles. The molecule has 0 bridgehead atoms. The van der Waals surface area contributed by atoms with E-state index in [1.165, 1.54) is 5.56 Å². The molecule has 1 heterocycles. The summed E-state index contributed by atoms with van der Waals surface area (Å²) in [5.41, 5.74) is 8.70. The van der Waals surface area contributed by atoms with Gasteiger partial charge in [0.05, 0.1) is 5.69 Å². The Bertz CT molecular complexity index is 494. The van der Waals surface area contributed by atoms with Crippen LogP contribution in [0.2, 0.25) is 0 Å². The van der Waals surface area contributed by atoms with Crippen molar-refractivity contribution in [2.24, 2.45) is 5.73 Å². The van der Waals surface area contributed by atoms with Gasteiger partial charge in [-0.05, 0) is 49.7 Å². The number of pyridine rings is 1. The van der Waals surface area contributed by atoms with Crippen molar-refractivity contribution in [2.45, 2.75) is 20.0 Å². The number of nitrogens with two attached hydrogens (primary N) is 1. The number of ether oxygens (including phenoxy) is 1. The van der Waals surface area contributed by atoms with E-state index in [1.54, 1.807) is 0 Å². The molecule has 2 rings (SSSR count). The Morgan fingerprint density at radius 1 is 1.11 bits per heavy atom. The van der Waals surface area contributed by atoms with Gasteiger partial charge in [-0.2, -0.15) is 0 Å². The Balaban J connectivity index is 1.93. The quantitative estimate of drug-likeness (QED) is 0.876. The van der Waals surface area contributed by atoms with Crippen LogP contribution in [0.5, 0.6) is 5.75 Å². The van der Waals surface area contributed by atoms with Crippen LogP contribution in [0, 0.1) is 6.92 Å². The molecule has 0 aliphatic carbocycles. The van der Waals surface area contributed by atoms with E-state index in [2.05, 4.69) is 4.98 Å². The Morgan fingerprint density at radius 2 is 1.89 bits per heavy atom. The summed E-state index contributed by atoms with van der Waals surface area (Å²) in [5.74, 6) is 0.860. The summed E-state index contributed by atoms with van der Waals surface area (Å²) in [4.78, 5) is 4.39. The van der Waals surface area contributed by atoms with Gasteiger partial charge in [-0.15, -0.1) is 0 Å². The smallest absolute Gasteiger partial charge is 0.130 e. The van der Waals surface area contributed by atoms with Crippen LogP contribution in [0.15, 0.2) is 42.5 Å². The van der Waals surface area contributed by atoms with E-state index >= 15 is 0 Å². The third-order valence-electron chi connectivity index (χ3n) is 2.69. The van der Waals surface area contributed by atoms with Gasteiger partial charge < -0.3 is 10.5 Å². The van der Waals surface area contributed by atoms with Crippen molar-refractivity contribution in [2.75, 3.05) is 6.54 Å². The van der Waals surface area contributed by atoms with E-state index in [-0.39, 0.29) is 0 Å². The summed E-state index contributed by atoms with van der Waals surface area (Å²) in [7, 11) is 0. The predicted molar refractivity (Wildman–Crippen MR) is 72.5 cm³/mol. The molecule has 3 heteroatoms. The Labute approximate surface area is 108 Å². The highest BCUT2D eigenvalue weighted by molar-refractivity contribution is 5.27. The predicted octanol–water partition coefficient (Wildman–Crippen LogP) is 2.47. The Kier molecular flexibility index (Phi) is 4.31. The van der Waals surface area contributed by atoms with Crippen molar-refractivity contribution in [1.82, 2.24) is 4.98 Å². The Morgan fingerprint density at radius 3 is 2.56 bits per heavy atom. The van der Waals surface area contributed by atoms with Crippen LogP contribution >= 0.6 is 0 Å². The highest BCUT2D eigenvalue weighted by Crippen LogP contribution is 2.14. The first kappa shape index (κ1) is 12.6. The average molecular weight is 242 g/mol. The zero-order chi connectivity index (χ0) is 12.8. The van der Waals surface area contributed by atoms with Gasteiger partial charge in [0.15, 0.2) is 0 Å². The molecule has 0 fully saturated rings. The summed E-state index contributed by atoms with van der Waals surface area (Å²) < 4.78 is 5.69. The van der Waals surface area contributed by atoms with Crippen molar-refractivity contribution in [3.05, 3.63) is 59.4 Å². The summed E-state index contributed by atoms with van der Waals surface area (Å²) >= 11 is 0. The van der Waals surface area contributed by atoms with Crippen molar-refractivity contribution in [3.63, 3.8) is 0 Å². The molecule has 0 saturated carbocycles. The maximum atomic E-state index is 5.69. The first-order valence-electron chi connectivity index (χ1n) is 6.12. The maximum Gasteiger partial charge on any atom is 0.130 e. The molecule has 0 atom stereocenters. The zero-order valence-corrected chi connectivity index (χ0v) is 10.6. The first-order chi connectivity index (χ1) is 8.78. The van der Waals surface area contributed by atoms with Crippen LogP contribution in [0.4, 0.5) is 0 Å².